The summed E-state index contributed by atoms with van der Waals surface area (Å²) in [6.45, 7) is 0. The number of rotatable bonds is 2. The zero-order chi connectivity index (χ0) is 11.5. The molecule has 1 aliphatic carbocycles. The largest absolute Gasteiger partial charge is 0.382 e. The molecule has 2 rings (SSSR count). The van der Waals surface area contributed by atoms with Crippen LogP contribution in [0.15, 0.2) is 22.7 Å². The Bertz CT molecular complexity index is 370. The van der Waals surface area contributed by atoms with E-state index in [4.69, 9.17) is 5.73 Å². The van der Waals surface area contributed by atoms with E-state index < -0.39 is 0 Å². The Morgan fingerprint density at radius 2 is 2.19 bits per heavy atom. The Morgan fingerprint density at radius 3 is 2.88 bits per heavy atom. The van der Waals surface area contributed by atoms with Crippen LogP contribution in [0, 0.1) is 5.82 Å². The molecule has 2 nitrogen and oxygen atoms in total. The molecule has 0 spiro atoms. The number of halogens is 2. The lowest BCUT2D eigenvalue weighted by Gasteiger charge is -2.28. The van der Waals surface area contributed by atoms with E-state index in [1.807, 2.05) is 6.07 Å². The first-order valence-corrected chi connectivity index (χ1v) is 6.41. The summed E-state index contributed by atoms with van der Waals surface area (Å²) in [5.74, 6) is -0.231. The topological polar surface area (TPSA) is 38.0 Å². The Labute approximate surface area is 104 Å². The number of nitrogens with one attached hydrogen (secondary N) is 1. The highest BCUT2D eigenvalue weighted by molar-refractivity contribution is 9.10. The summed E-state index contributed by atoms with van der Waals surface area (Å²) in [5.41, 5.74) is 6.74. The van der Waals surface area contributed by atoms with E-state index >= 15 is 0 Å². The molecule has 88 valence electrons. The summed E-state index contributed by atoms with van der Waals surface area (Å²) in [7, 11) is 0. The van der Waals surface area contributed by atoms with Crippen molar-refractivity contribution in [2.24, 2.45) is 5.73 Å². The van der Waals surface area contributed by atoms with Crippen molar-refractivity contribution in [2.45, 2.75) is 37.8 Å². The molecule has 0 saturated heterocycles. The second-order valence-corrected chi connectivity index (χ2v) is 5.25. The fourth-order valence-electron chi connectivity index (χ4n) is 2.18. The lowest BCUT2D eigenvalue weighted by atomic mass is 9.91. The molecule has 0 heterocycles. The molecule has 1 aromatic rings. The van der Waals surface area contributed by atoms with Gasteiger partial charge in [0.2, 0.25) is 0 Å². The minimum atomic E-state index is -0.231. The van der Waals surface area contributed by atoms with E-state index in [-0.39, 0.29) is 11.9 Å². The van der Waals surface area contributed by atoms with Crippen molar-refractivity contribution in [1.29, 1.82) is 0 Å². The molecule has 1 fully saturated rings. The van der Waals surface area contributed by atoms with Gasteiger partial charge in [-0.3, -0.25) is 0 Å². The van der Waals surface area contributed by atoms with Gasteiger partial charge in [-0.05, 0) is 59.8 Å². The van der Waals surface area contributed by atoms with Gasteiger partial charge in [-0.2, -0.15) is 0 Å². The molecule has 0 aromatic heterocycles. The predicted molar refractivity (Wildman–Crippen MR) is 68.0 cm³/mol. The van der Waals surface area contributed by atoms with Crippen molar-refractivity contribution in [3.8, 4) is 0 Å². The fourth-order valence-corrected chi connectivity index (χ4v) is 2.43. The number of benzene rings is 1. The third kappa shape index (κ3) is 2.95. The van der Waals surface area contributed by atoms with Gasteiger partial charge in [0, 0.05) is 17.8 Å². The number of nitrogens with two attached hydrogens (primary N) is 1. The van der Waals surface area contributed by atoms with Crippen molar-refractivity contribution < 1.29 is 4.39 Å². The standard InChI is InChI=1S/C12H16BrFN2/c13-11-5-4-10(7-12(11)14)16-9-3-1-2-8(15)6-9/h4-5,7-9,16H,1-3,6,15H2. The average Bonchev–Trinajstić information content (AvgIpc) is 2.24. The molecule has 3 N–H and O–H groups in total. The molecule has 0 radical (unpaired) electrons. The van der Waals surface area contributed by atoms with Crippen molar-refractivity contribution in [1.82, 2.24) is 0 Å². The molecule has 0 aliphatic heterocycles. The highest BCUT2D eigenvalue weighted by Crippen LogP contribution is 2.24. The molecule has 2 atom stereocenters. The lowest BCUT2D eigenvalue weighted by Crippen LogP contribution is -2.34. The summed E-state index contributed by atoms with van der Waals surface area (Å²) >= 11 is 3.14. The maximum absolute atomic E-state index is 13.3. The van der Waals surface area contributed by atoms with E-state index in [9.17, 15) is 4.39 Å². The Balaban J connectivity index is 2.00. The van der Waals surface area contributed by atoms with Gasteiger partial charge in [0.1, 0.15) is 5.82 Å². The van der Waals surface area contributed by atoms with E-state index in [0.717, 1.165) is 31.4 Å². The van der Waals surface area contributed by atoms with Gasteiger partial charge in [-0.15, -0.1) is 0 Å². The molecule has 1 aliphatic rings. The summed E-state index contributed by atoms with van der Waals surface area (Å²) in [6, 6.07) is 5.79. The van der Waals surface area contributed by atoms with Crippen LogP contribution in [0.25, 0.3) is 0 Å². The van der Waals surface area contributed by atoms with Crippen molar-refractivity contribution in [3.63, 3.8) is 0 Å². The highest BCUT2D eigenvalue weighted by Gasteiger charge is 2.18. The zero-order valence-electron chi connectivity index (χ0n) is 9.05. The summed E-state index contributed by atoms with van der Waals surface area (Å²) < 4.78 is 13.8. The van der Waals surface area contributed by atoms with Crippen LogP contribution in [-0.4, -0.2) is 12.1 Å². The number of hydrogen-bond donors (Lipinski definition) is 2. The van der Waals surface area contributed by atoms with Crippen LogP contribution in [0.4, 0.5) is 10.1 Å². The highest BCUT2D eigenvalue weighted by atomic mass is 79.9. The molecule has 16 heavy (non-hydrogen) atoms. The second kappa shape index (κ2) is 5.15. The van der Waals surface area contributed by atoms with Crippen LogP contribution >= 0.6 is 15.9 Å². The average molecular weight is 287 g/mol. The third-order valence-electron chi connectivity index (χ3n) is 3.01. The molecule has 2 unspecified atom stereocenters. The van der Waals surface area contributed by atoms with Crippen LogP contribution in [0.3, 0.4) is 0 Å². The van der Waals surface area contributed by atoms with Gasteiger partial charge < -0.3 is 11.1 Å². The first kappa shape index (κ1) is 11.9. The first-order chi connectivity index (χ1) is 7.65. The predicted octanol–water partition coefficient (Wildman–Crippen LogP) is 3.27. The maximum Gasteiger partial charge on any atom is 0.139 e. The van der Waals surface area contributed by atoms with Crippen molar-refractivity contribution >= 4 is 21.6 Å². The molecule has 0 amide bonds. The van der Waals surface area contributed by atoms with Gasteiger partial charge in [-0.25, -0.2) is 4.39 Å². The zero-order valence-corrected chi connectivity index (χ0v) is 10.6. The molecule has 4 heteroatoms. The second-order valence-electron chi connectivity index (χ2n) is 4.40. The maximum atomic E-state index is 13.3. The number of hydrogen-bond acceptors (Lipinski definition) is 2. The van der Waals surface area contributed by atoms with Crippen molar-refractivity contribution in [2.75, 3.05) is 5.32 Å². The van der Waals surface area contributed by atoms with Gasteiger partial charge in [0.15, 0.2) is 0 Å². The minimum absolute atomic E-state index is 0.231. The fraction of sp³-hybridized carbons (Fsp3) is 0.500. The summed E-state index contributed by atoms with van der Waals surface area (Å²) in [5, 5.41) is 3.34. The Morgan fingerprint density at radius 1 is 1.38 bits per heavy atom. The Kier molecular flexibility index (Phi) is 3.82. The smallest absolute Gasteiger partial charge is 0.139 e. The summed E-state index contributed by atoms with van der Waals surface area (Å²) in [6.07, 6.45) is 4.34. The van der Waals surface area contributed by atoms with E-state index in [2.05, 4.69) is 21.2 Å². The monoisotopic (exact) mass is 286 g/mol. The molecule has 1 aromatic carbocycles. The lowest BCUT2D eigenvalue weighted by molar-refractivity contribution is 0.409. The SMILES string of the molecule is NC1CCCC(Nc2ccc(Br)c(F)c2)C1. The van der Waals surface area contributed by atoms with Gasteiger partial charge in [-0.1, -0.05) is 0 Å². The van der Waals surface area contributed by atoms with Crippen LogP contribution in [-0.2, 0) is 0 Å². The third-order valence-corrected chi connectivity index (χ3v) is 3.65. The molecular weight excluding hydrogens is 271 g/mol. The normalized spacial score (nSPS) is 25.4. The van der Waals surface area contributed by atoms with Gasteiger partial charge >= 0.3 is 0 Å². The van der Waals surface area contributed by atoms with Crippen LogP contribution in [0.1, 0.15) is 25.7 Å². The quantitative estimate of drug-likeness (QED) is 0.876. The van der Waals surface area contributed by atoms with E-state index in [1.54, 1.807) is 6.07 Å². The van der Waals surface area contributed by atoms with Crippen LogP contribution in [0.5, 0.6) is 0 Å². The van der Waals surface area contributed by atoms with E-state index in [0.29, 0.717) is 10.5 Å². The van der Waals surface area contributed by atoms with Gasteiger partial charge in [0.05, 0.1) is 4.47 Å². The number of anilines is 1. The summed E-state index contributed by atoms with van der Waals surface area (Å²) in [4.78, 5) is 0. The van der Waals surface area contributed by atoms with Gasteiger partial charge in [0.25, 0.3) is 0 Å². The van der Waals surface area contributed by atoms with E-state index in [1.165, 1.54) is 6.07 Å². The Hall–Kier alpha value is -0.610. The molecule has 0 bridgehead atoms. The first-order valence-electron chi connectivity index (χ1n) is 5.62. The minimum Gasteiger partial charge on any atom is -0.382 e. The van der Waals surface area contributed by atoms with Crippen LogP contribution < -0.4 is 11.1 Å². The van der Waals surface area contributed by atoms with Crippen molar-refractivity contribution in [3.05, 3.63) is 28.5 Å². The van der Waals surface area contributed by atoms with Crippen LogP contribution in [0.2, 0.25) is 0 Å². The molecular formula is C12H16BrFN2. The molecule has 1 saturated carbocycles.